The summed E-state index contributed by atoms with van der Waals surface area (Å²) in [5.41, 5.74) is 13.1. The molecule has 0 bridgehead atoms. The monoisotopic (exact) mass is 605 g/mol. The standard InChI is InChI=1S/C46H39N/c1-3-10-34(11-4-1)36-18-20-37(21-19-36)39-24-30-43(31-25-39)47(42-28-22-38(23-29-42)35-12-5-2-6-13-35)44-32-26-41(27-33-44)46-17-9-15-40-14-7-8-16-45(40)46/h1-5,7-12,14-18,20-22,24-28,30-33,36H,6,13,19,23,29H2. The maximum atomic E-state index is 2.45. The zero-order chi connectivity index (χ0) is 31.4. The van der Waals surface area contributed by atoms with Crippen LogP contribution in [0.2, 0.25) is 0 Å². The van der Waals surface area contributed by atoms with E-state index in [0.29, 0.717) is 5.92 Å². The van der Waals surface area contributed by atoms with Crippen molar-refractivity contribution in [3.8, 4) is 11.1 Å². The Morgan fingerprint density at radius 1 is 0.574 bits per heavy atom. The van der Waals surface area contributed by atoms with E-state index in [0.717, 1.165) is 32.1 Å². The Kier molecular flexibility index (Phi) is 8.12. The van der Waals surface area contributed by atoms with Gasteiger partial charge in [0.05, 0.1) is 0 Å². The van der Waals surface area contributed by atoms with Crippen LogP contribution in [-0.2, 0) is 0 Å². The van der Waals surface area contributed by atoms with Gasteiger partial charge >= 0.3 is 0 Å². The first-order chi connectivity index (χ1) is 23.3. The van der Waals surface area contributed by atoms with Gasteiger partial charge in [-0.05, 0) is 112 Å². The van der Waals surface area contributed by atoms with Crippen LogP contribution >= 0.6 is 0 Å². The number of fused-ring (bicyclic) bond motifs is 1. The molecule has 0 spiro atoms. The zero-order valence-electron chi connectivity index (χ0n) is 26.7. The lowest BCUT2D eigenvalue weighted by molar-refractivity contribution is 0.850. The fourth-order valence-electron chi connectivity index (χ4n) is 7.28. The van der Waals surface area contributed by atoms with E-state index in [-0.39, 0.29) is 0 Å². The van der Waals surface area contributed by atoms with Crippen molar-refractivity contribution in [1.29, 1.82) is 0 Å². The molecule has 3 aliphatic carbocycles. The highest BCUT2D eigenvalue weighted by Gasteiger charge is 2.20. The predicted molar refractivity (Wildman–Crippen MR) is 201 cm³/mol. The van der Waals surface area contributed by atoms with E-state index in [1.165, 1.54) is 66.8 Å². The number of rotatable bonds is 7. The molecule has 8 rings (SSSR count). The number of allylic oxidation sites excluding steroid dienone is 12. The molecule has 0 heterocycles. The third-order valence-electron chi connectivity index (χ3n) is 9.85. The van der Waals surface area contributed by atoms with Gasteiger partial charge in [-0.3, -0.25) is 0 Å². The molecule has 0 N–H and O–H groups in total. The Morgan fingerprint density at radius 3 is 2.00 bits per heavy atom. The Morgan fingerprint density at radius 2 is 1.30 bits per heavy atom. The first kappa shape index (κ1) is 29.0. The Bertz CT molecular complexity index is 2080. The normalized spacial score (nSPS) is 17.5. The molecule has 1 atom stereocenters. The molecule has 228 valence electrons. The quantitative estimate of drug-likeness (QED) is 0.178. The van der Waals surface area contributed by atoms with Crippen LogP contribution in [-0.4, -0.2) is 0 Å². The summed E-state index contributed by atoms with van der Waals surface area (Å²) in [6, 6.07) is 44.3. The van der Waals surface area contributed by atoms with Gasteiger partial charge in [0, 0.05) is 23.0 Å². The van der Waals surface area contributed by atoms with Gasteiger partial charge in [0.25, 0.3) is 0 Å². The van der Waals surface area contributed by atoms with E-state index in [1.54, 1.807) is 0 Å². The van der Waals surface area contributed by atoms with Crippen LogP contribution in [0.25, 0.3) is 27.5 Å². The second kappa shape index (κ2) is 13.1. The summed E-state index contributed by atoms with van der Waals surface area (Å²) in [6.45, 7) is 0. The molecular weight excluding hydrogens is 567 g/mol. The Hall–Kier alpha value is -5.40. The minimum atomic E-state index is 0.447. The molecule has 1 nitrogen and oxygen atoms in total. The number of benzene rings is 5. The molecule has 3 aliphatic rings. The van der Waals surface area contributed by atoms with Gasteiger partial charge in [-0.1, -0.05) is 140 Å². The van der Waals surface area contributed by atoms with Gasteiger partial charge in [-0.25, -0.2) is 0 Å². The van der Waals surface area contributed by atoms with Gasteiger partial charge in [0.1, 0.15) is 0 Å². The second-order valence-electron chi connectivity index (χ2n) is 12.7. The van der Waals surface area contributed by atoms with E-state index >= 15 is 0 Å². The van der Waals surface area contributed by atoms with Crippen molar-refractivity contribution in [2.75, 3.05) is 4.90 Å². The molecule has 0 aromatic heterocycles. The van der Waals surface area contributed by atoms with E-state index < -0.39 is 0 Å². The predicted octanol–water partition coefficient (Wildman–Crippen LogP) is 12.7. The van der Waals surface area contributed by atoms with Crippen LogP contribution in [0.3, 0.4) is 0 Å². The summed E-state index contributed by atoms with van der Waals surface area (Å²) in [7, 11) is 0. The summed E-state index contributed by atoms with van der Waals surface area (Å²) in [5.74, 6) is 0.447. The van der Waals surface area contributed by atoms with Crippen molar-refractivity contribution in [3.63, 3.8) is 0 Å². The lowest BCUT2D eigenvalue weighted by Crippen LogP contribution is -2.18. The van der Waals surface area contributed by atoms with Gasteiger partial charge in [-0.15, -0.1) is 0 Å². The third kappa shape index (κ3) is 6.10. The Balaban J connectivity index is 1.11. The minimum absolute atomic E-state index is 0.447. The highest BCUT2D eigenvalue weighted by molar-refractivity contribution is 5.96. The number of hydrogen-bond acceptors (Lipinski definition) is 1. The number of anilines is 2. The number of nitrogens with zero attached hydrogens (tertiary/aromatic N) is 1. The van der Waals surface area contributed by atoms with Crippen LogP contribution in [0.15, 0.2) is 187 Å². The summed E-state index contributed by atoms with van der Waals surface area (Å²) >= 11 is 0. The summed E-state index contributed by atoms with van der Waals surface area (Å²) in [6.07, 6.45) is 23.9. The molecule has 1 heteroatoms. The molecule has 47 heavy (non-hydrogen) atoms. The van der Waals surface area contributed by atoms with Crippen molar-refractivity contribution in [3.05, 3.63) is 198 Å². The number of hydrogen-bond donors (Lipinski definition) is 0. The molecule has 1 unspecified atom stereocenters. The molecular formula is C46H39N. The first-order valence-electron chi connectivity index (χ1n) is 17.0. The van der Waals surface area contributed by atoms with Crippen molar-refractivity contribution in [2.45, 2.75) is 38.0 Å². The molecule has 5 aromatic rings. The van der Waals surface area contributed by atoms with Gasteiger partial charge in [0.15, 0.2) is 0 Å². The van der Waals surface area contributed by atoms with E-state index in [1.807, 2.05) is 0 Å². The molecule has 5 aromatic carbocycles. The highest BCUT2D eigenvalue weighted by atomic mass is 15.1. The zero-order valence-corrected chi connectivity index (χ0v) is 26.7. The molecule has 0 amide bonds. The summed E-state index contributed by atoms with van der Waals surface area (Å²) < 4.78 is 0. The lowest BCUT2D eigenvalue weighted by atomic mass is 9.88. The third-order valence-corrected chi connectivity index (χ3v) is 9.85. The largest absolute Gasteiger partial charge is 0.314 e. The van der Waals surface area contributed by atoms with Crippen LogP contribution in [0, 0.1) is 0 Å². The SMILES string of the molecule is C1=CCCC(C2=CC=C(N(c3ccc(C4=CCC(c5ccccc5)C=C4)cc3)c3ccc(-c4cccc5ccccc45)cc3)CC2)=C1. The average molecular weight is 606 g/mol. The first-order valence-corrected chi connectivity index (χ1v) is 17.0. The highest BCUT2D eigenvalue weighted by Crippen LogP contribution is 2.39. The van der Waals surface area contributed by atoms with Crippen molar-refractivity contribution in [2.24, 2.45) is 0 Å². The lowest BCUT2D eigenvalue weighted by Gasteiger charge is -2.30. The van der Waals surface area contributed by atoms with Crippen LogP contribution in [0.5, 0.6) is 0 Å². The maximum Gasteiger partial charge on any atom is 0.0458 e. The topological polar surface area (TPSA) is 3.24 Å². The average Bonchev–Trinajstić information content (AvgIpc) is 3.16. The van der Waals surface area contributed by atoms with Crippen molar-refractivity contribution in [1.82, 2.24) is 0 Å². The Labute approximate surface area is 278 Å². The van der Waals surface area contributed by atoms with Crippen LogP contribution in [0.4, 0.5) is 11.4 Å². The fraction of sp³-hybridized carbons (Fsp3) is 0.130. The maximum absolute atomic E-state index is 2.45. The van der Waals surface area contributed by atoms with E-state index in [2.05, 4.69) is 175 Å². The minimum Gasteiger partial charge on any atom is -0.314 e. The molecule has 0 saturated heterocycles. The smallest absolute Gasteiger partial charge is 0.0458 e. The molecule has 0 radical (unpaired) electrons. The van der Waals surface area contributed by atoms with Crippen molar-refractivity contribution >= 4 is 27.7 Å². The van der Waals surface area contributed by atoms with Crippen molar-refractivity contribution < 1.29 is 0 Å². The van der Waals surface area contributed by atoms with Gasteiger partial charge in [0.2, 0.25) is 0 Å². The van der Waals surface area contributed by atoms with Gasteiger partial charge in [-0.2, -0.15) is 0 Å². The van der Waals surface area contributed by atoms with Crippen LogP contribution in [0.1, 0.15) is 49.1 Å². The van der Waals surface area contributed by atoms with Crippen LogP contribution < -0.4 is 4.90 Å². The van der Waals surface area contributed by atoms with Gasteiger partial charge < -0.3 is 4.90 Å². The fourth-order valence-corrected chi connectivity index (χ4v) is 7.28. The van der Waals surface area contributed by atoms with E-state index in [9.17, 15) is 0 Å². The van der Waals surface area contributed by atoms with E-state index in [4.69, 9.17) is 0 Å². The molecule has 0 saturated carbocycles. The summed E-state index contributed by atoms with van der Waals surface area (Å²) in [4.78, 5) is 2.45. The molecule has 0 fully saturated rings. The second-order valence-corrected chi connectivity index (χ2v) is 12.7. The summed E-state index contributed by atoms with van der Waals surface area (Å²) in [5, 5.41) is 2.56. The molecule has 0 aliphatic heterocycles.